The van der Waals surface area contributed by atoms with Gasteiger partial charge in [-0.3, -0.25) is 4.79 Å². The Morgan fingerprint density at radius 2 is 2.36 bits per heavy atom. The van der Waals surface area contributed by atoms with E-state index in [0.29, 0.717) is 12.3 Å². The number of fused-ring (bicyclic) bond motifs is 3. The summed E-state index contributed by atoms with van der Waals surface area (Å²) in [6, 6.07) is 0. The second kappa shape index (κ2) is 7.60. The number of rotatable bonds is 5. The molecule has 1 saturated heterocycles. The van der Waals surface area contributed by atoms with E-state index in [1.165, 1.54) is 34.0 Å². The fraction of sp³-hybridized carbons (Fsp3) is 0.611. The predicted molar refractivity (Wildman–Crippen MR) is 101 cm³/mol. The molecule has 2 aliphatic rings. The molecule has 1 N–H and O–H groups in total. The molecule has 2 atom stereocenters. The highest BCUT2D eigenvalue weighted by Crippen LogP contribution is 2.40. The Kier molecular flexibility index (Phi) is 5.24. The third kappa shape index (κ3) is 3.83. The average Bonchev–Trinajstić information content (AvgIpc) is 3.24. The Morgan fingerprint density at radius 3 is 3.20 bits per heavy atom. The van der Waals surface area contributed by atoms with Crippen molar-refractivity contribution in [2.45, 2.75) is 50.2 Å². The number of carbonyl (C=O) groups is 1. The van der Waals surface area contributed by atoms with E-state index in [-0.39, 0.29) is 12.0 Å². The third-order valence-electron chi connectivity index (χ3n) is 4.95. The maximum Gasteiger partial charge on any atom is 0.230 e. The molecule has 1 amide bonds. The Morgan fingerprint density at radius 1 is 1.44 bits per heavy atom. The van der Waals surface area contributed by atoms with Crippen molar-refractivity contribution >= 4 is 39.2 Å². The number of nitrogens with one attached hydrogen (secondary N) is 1. The van der Waals surface area contributed by atoms with Crippen molar-refractivity contribution in [1.29, 1.82) is 0 Å². The van der Waals surface area contributed by atoms with Crippen molar-refractivity contribution in [3.8, 4) is 0 Å². The lowest BCUT2D eigenvalue weighted by Crippen LogP contribution is -2.32. The summed E-state index contributed by atoms with van der Waals surface area (Å²) in [6.07, 6.45) is 7.41. The molecule has 4 rings (SSSR count). The average molecular weight is 378 g/mol. The highest BCUT2D eigenvalue weighted by atomic mass is 32.2. The maximum absolute atomic E-state index is 12.2. The van der Waals surface area contributed by atoms with E-state index in [2.05, 4.69) is 22.2 Å². The molecule has 1 aliphatic heterocycles. The first kappa shape index (κ1) is 17.2. The van der Waals surface area contributed by atoms with Gasteiger partial charge in [0, 0.05) is 23.4 Å². The summed E-state index contributed by atoms with van der Waals surface area (Å²) in [6.45, 7) is 3.74. The summed E-state index contributed by atoms with van der Waals surface area (Å²) in [4.78, 5) is 23.6. The quantitative estimate of drug-likeness (QED) is 0.640. The van der Waals surface area contributed by atoms with Crippen molar-refractivity contribution in [1.82, 2.24) is 15.3 Å². The fourth-order valence-corrected chi connectivity index (χ4v) is 5.84. The lowest BCUT2D eigenvalue weighted by atomic mass is 9.89. The number of hydrogen-bond acceptors (Lipinski definition) is 6. The Balaban J connectivity index is 1.43. The number of carbonyl (C=O) groups excluding carboxylic acids is 1. The van der Waals surface area contributed by atoms with Gasteiger partial charge in [0.25, 0.3) is 0 Å². The molecule has 5 nitrogen and oxygen atoms in total. The monoisotopic (exact) mass is 377 g/mol. The molecule has 0 aromatic carbocycles. The largest absolute Gasteiger partial charge is 0.376 e. The Bertz CT molecular complexity index is 771. The number of amides is 1. The first-order chi connectivity index (χ1) is 12.2. The van der Waals surface area contributed by atoms with E-state index >= 15 is 0 Å². The Labute approximate surface area is 156 Å². The normalized spacial score (nSPS) is 22.9. The molecule has 3 heterocycles. The van der Waals surface area contributed by atoms with Crippen LogP contribution in [0.3, 0.4) is 0 Å². The van der Waals surface area contributed by atoms with Gasteiger partial charge in [-0.25, -0.2) is 9.97 Å². The first-order valence-electron chi connectivity index (χ1n) is 8.97. The van der Waals surface area contributed by atoms with Crippen LogP contribution in [-0.4, -0.2) is 40.9 Å². The van der Waals surface area contributed by atoms with E-state index < -0.39 is 0 Å². The summed E-state index contributed by atoms with van der Waals surface area (Å²) < 4.78 is 5.54. The third-order valence-corrected chi connectivity index (χ3v) is 7.10. The smallest absolute Gasteiger partial charge is 0.230 e. The summed E-state index contributed by atoms with van der Waals surface area (Å²) >= 11 is 3.32. The molecule has 0 spiro atoms. The van der Waals surface area contributed by atoms with Gasteiger partial charge in [-0.05, 0) is 43.6 Å². The molecular weight excluding hydrogens is 354 g/mol. The van der Waals surface area contributed by atoms with E-state index in [1.54, 1.807) is 17.7 Å². The molecule has 1 fully saturated rings. The standard InChI is InChI=1S/C18H23N3O2S2/c1-11-4-5-13-14(7-11)25-18-16(13)17(20-10-21-18)24-9-15(22)19-8-12-3-2-6-23-12/h10-12H,2-9H2,1H3,(H,19,22)/t11-,12+/m0/s1. The van der Waals surface area contributed by atoms with Gasteiger partial charge in [-0.2, -0.15) is 0 Å². The highest BCUT2D eigenvalue weighted by molar-refractivity contribution is 8.00. The van der Waals surface area contributed by atoms with Crippen LogP contribution in [0.4, 0.5) is 0 Å². The van der Waals surface area contributed by atoms with Crippen LogP contribution in [-0.2, 0) is 22.4 Å². The minimum atomic E-state index is 0.0463. The van der Waals surface area contributed by atoms with Crippen LogP contribution in [0.1, 0.15) is 36.6 Å². The lowest BCUT2D eigenvalue weighted by Gasteiger charge is -2.18. The molecule has 0 saturated carbocycles. The minimum Gasteiger partial charge on any atom is -0.376 e. The first-order valence-corrected chi connectivity index (χ1v) is 10.8. The summed E-state index contributed by atoms with van der Waals surface area (Å²) in [5.41, 5.74) is 1.42. The molecule has 25 heavy (non-hydrogen) atoms. The molecule has 7 heteroatoms. The van der Waals surface area contributed by atoms with Gasteiger partial charge in [0.1, 0.15) is 16.2 Å². The molecular formula is C18H23N3O2S2. The fourth-order valence-electron chi connectivity index (χ4n) is 3.57. The molecule has 2 aromatic heterocycles. The van der Waals surface area contributed by atoms with E-state index in [4.69, 9.17) is 4.74 Å². The number of thioether (sulfide) groups is 1. The number of aromatic nitrogens is 2. The van der Waals surface area contributed by atoms with Crippen LogP contribution in [0.25, 0.3) is 10.2 Å². The Hall–Kier alpha value is -1.18. The lowest BCUT2D eigenvalue weighted by molar-refractivity contribution is -0.119. The van der Waals surface area contributed by atoms with Crippen LogP contribution in [0, 0.1) is 5.92 Å². The second-order valence-corrected chi connectivity index (χ2v) is 8.99. The number of aryl methyl sites for hydroxylation is 1. The second-order valence-electron chi connectivity index (χ2n) is 6.94. The van der Waals surface area contributed by atoms with Crippen molar-refractivity contribution < 1.29 is 9.53 Å². The zero-order valence-electron chi connectivity index (χ0n) is 14.4. The van der Waals surface area contributed by atoms with Gasteiger partial charge in [0.05, 0.1) is 11.9 Å². The predicted octanol–water partition coefficient (Wildman–Crippen LogP) is 3.20. The van der Waals surface area contributed by atoms with E-state index in [1.807, 2.05) is 0 Å². The van der Waals surface area contributed by atoms with Crippen molar-refractivity contribution in [2.24, 2.45) is 5.92 Å². The van der Waals surface area contributed by atoms with Crippen molar-refractivity contribution in [3.05, 3.63) is 16.8 Å². The SMILES string of the molecule is C[C@H]1CCc2c(sc3ncnc(SCC(=O)NC[C@H]4CCCO4)c23)C1. The van der Waals surface area contributed by atoms with Gasteiger partial charge >= 0.3 is 0 Å². The van der Waals surface area contributed by atoms with Crippen LogP contribution >= 0.6 is 23.1 Å². The van der Waals surface area contributed by atoms with E-state index in [0.717, 1.165) is 48.1 Å². The topological polar surface area (TPSA) is 64.1 Å². The van der Waals surface area contributed by atoms with Gasteiger partial charge in [-0.15, -0.1) is 11.3 Å². The van der Waals surface area contributed by atoms with Gasteiger partial charge in [0.15, 0.2) is 0 Å². The highest BCUT2D eigenvalue weighted by Gasteiger charge is 2.23. The summed E-state index contributed by atoms with van der Waals surface area (Å²) in [5.74, 6) is 1.18. The number of ether oxygens (including phenoxy) is 1. The van der Waals surface area contributed by atoms with E-state index in [9.17, 15) is 4.79 Å². The zero-order chi connectivity index (χ0) is 17.2. The molecule has 0 radical (unpaired) electrons. The van der Waals surface area contributed by atoms with Crippen molar-refractivity contribution in [3.63, 3.8) is 0 Å². The summed E-state index contributed by atoms with van der Waals surface area (Å²) in [5, 5.41) is 5.11. The molecule has 1 aliphatic carbocycles. The molecule has 0 unspecified atom stereocenters. The van der Waals surface area contributed by atoms with Crippen LogP contribution in [0.5, 0.6) is 0 Å². The van der Waals surface area contributed by atoms with Gasteiger partial charge in [0.2, 0.25) is 5.91 Å². The summed E-state index contributed by atoms with van der Waals surface area (Å²) in [7, 11) is 0. The zero-order valence-corrected chi connectivity index (χ0v) is 16.0. The maximum atomic E-state index is 12.2. The molecule has 2 aromatic rings. The molecule has 0 bridgehead atoms. The van der Waals surface area contributed by atoms with Crippen LogP contribution in [0.2, 0.25) is 0 Å². The van der Waals surface area contributed by atoms with Crippen LogP contribution < -0.4 is 5.32 Å². The number of nitrogens with zero attached hydrogens (tertiary/aromatic N) is 2. The molecule has 134 valence electrons. The van der Waals surface area contributed by atoms with Crippen molar-refractivity contribution in [2.75, 3.05) is 18.9 Å². The van der Waals surface area contributed by atoms with Gasteiger partial charge < -0.3 is 10.1 Å². The number of hydrogen-bond donors (Lipinski definition) is 1. The minimum absolute atomic E-state index is 0.0463. The number of thiophene rings is 1. The van der Waals surface area contributed by atoms with Crippen LogP contribution in [0.15, 0.2) is 11.4 Å². The van der Waals surface area contributed by atoms with Gasteiger partial charge in [-0.1, -0.05) is 18.7 Å².